The standard InChI is InChI=1S/C24H26FN7O/c25-20-2-1-11-27-23(20)32-12-9-16(10-13-32)15-3-5-18(6-4-15)30-24-28-14-19(21(26)33)22(31-24)29-17-7-8-17/h1-6,11,14,16-17H,7-10,12-13H2,(H2,26,33)(H2,28,29,30,31). The Morgan fingerprint density at radius 3 is 2.48 bits per heavy atom. The Labute approximate surface area is 191 Å². The summed E-state index contributed by atoms with van der Waals surface area (Å²) in [5, 5.41) is 6.44. The average Bonchev–Trinajstić information content (AvgIpc) is 3.64. The maximum atomic E-state index is 14.0. The number of halogens is 1. The Morgan fingerprint density at radius 1 is 1.06 bits per heavy atom. The van der Waals surface area contributed by atoms with Gasteiger partial charge in [-0.1, -0.05) is 12.1 Å². The molecule has 0 unspecified atom stereocenters. The highest BCUT2D eigenvalue weighted by molar-refractivity contribution is 5.97. The first-order valence-electron chi connectivity index (χ1n) is 11.2. The molecule has 3 heterocycles. The van der Waals surface area contributed by atoms with Gasteiger partial charge in [0.05, 0.1) is 5.56 Å². The van der Waals surface area contributed by atoms with Crippen LogP contribution in [0.4, 0.5) is 27.7 Å². The van der Waals surface area contributed by atoms with Crippen LogP contribution < -0.4 is 21.3 Å². The van der Waals surface area contributed by atoms with Crippen LogP contribution in [0.5, 0.6) is 0 Å². The smallest absolute Gasteiger partial charge is 0.254 e. The lowest BCUT2D eigenvalue weighted by Gasteiger charge is -2.33. The predicted molar refractivity (Wildman–Crippen MR) is 125 cm³/mol. The second-order valence-corrected chi connectivity index (χ2v) is 8.56. The zero-order valence-electron chi connectivity index (χ0n) is 18.2. The number of pyridine rings is 1. The van der Waals surface area contributed by atoms with E-state index >= 15 is 0 Å². The molecule has 3 aromatic rings. The Kier molecular flexibility index (Phi) is 5.77. The van der Waals surface area contributed by atoms with Crippen LogP contribution in [0.3, 0.4) is 0 Å². The number of aromatic nitrogens is 3. The molecule has 1 saturated heterocycles. The van der Waals surface area contributed by atoms with Crippen molar-refractivity contribution < 1.29 is 9.18 Å². The van der Waals surface area contributed by atoms with Gasteiger partial charge in [0.2, 0.25) is 5.95 Å². The summed E-state index contributed by atoms with van der Waals surface area (Å²) in [6.45, 7) is 1.55. The van der Waals surface area contributed by atoms with Gasteiger partial charge < -0.3 is 21.3 Å². The monoisotopic (exact) mass is 447 g/mol. The van der Waals surface area contributed by atoms with Gasteiger partial charge in [-0.15, -0.1) is 0 Å². The van der Waals surface area contributed by atoms with Crippen molar-refractivity contribution >= 4 is 29.2 Å². The Balaban J connectivity index is 1.22. The van der Waals surface area contributed by atoms with Gasteiger partial charge in [-0.2, -0.15) is 4.98 Å². The highest BCUT2D eigenvalue weighted by Gasteiger charge is 2.25. The number of primary amides is 1. The number of amides is 1. The van der Waals surface area contributed by atoms with Gasteiger partial charge in [-0.05, 0) is 61.4 Å². The van der Waals surface area contributed by atoms with Crippen LogP contribution in [-0.2, 0) is 0 Å². The minimum Gasteiger partial charge on any atom is -0.367 e. The number of carbonyl (C=O) groups is 1. The van der Waals surface area contributed by atoms with Crippen molar-refractivity contribution in [2.45, 2.75) is 37.6 Å². The van der Waals surface area contributed by atoms with E-state index < -0.39 is 5.91 Å². The molecule has 8 nitrogen and oxygen atoms in total. The van der Waals surface area contributed by atoms with E-state index in [1.54, 1.807) is 12.3 Å². The maximum absolute atomic E-state index is 14.0. The number of anilines is 4. The fraction of sp³-hybridized carbons (Fsp3) is 0.333. The van der Waals surface area contributed by atoms with Crippen molar-refractivity contribution in [1.82, 2.24) is 15.0 Å². The van der Waals surface area contributed by atoms with Gasteiger partial charge in [0.25, 0.3) is 5.91 Å². The molecule has 2 aromatic heterocycles. The molecule has 1 aliphatic carbocycles. The second kappa shape index (κ2) is 9.01. The SMILES string of the molecule is NC(=O)c1cnc(Nc2ccc(C3CCN(c4ncccc4F)CC3)cc2)nc1NC1CC1. The zero-order valence-corrected chi connectivity index (χ0v) is 18.2. The van der Waals surface area contributed by atoms with E-state index in [0.717, 1.165) is 44.5 Å². The van der Waals surface area contributed by atoms with Gasteiger partial charge in [-0.3, -0.25) is 4.79 Å². The summed E-state index contributed by atoms with van der Waals surface area (Å²) in [6, 6.07) is 11.6. The molecule has 1 saturated carbocycles. The van der Waals surface area contributed by atoms with Gasteiger partial charge >= 0.3 is 0 Å². The molecule has 5 rings (SSSR count). The van der Waals surface area contributed by atoms with Crippen LogP contribution in [0.2, 0.25) is 0 Å². The van der Waals surface area contributed by atoms with Crippen molar-refractivity contribution in [2.75, 3.05) is 28.6 Å². The number of nitrogens with zero attached hydrogens (tertiary/aromatic N) is 4. The number of hydrogen-bond acceptors (Lipinski definition) is 7. The third-order valence-corrected chi connectivity index (χ3v) is 6.14. The molecule has 1 aliphatic heterocycles. The second-order valence-electron chi connectivity index (χ2n) is 8.56. The average molecular weight is 448 g/mol. The van der Waals surface area contributed by atoms with E-state index in [2.05, 4.69) is 37.7 Å². The van der Waals surface area contributed by atoms with E-state index in [-0.39, 0.29) is 5.82 Å². The Hall–Kier alpha value is -3.75. The van der Waals surface area contributed by atoms with E-state index in [9.17, 15) is 9.18 Å². The molecule has 0 spiro atoms. The third-order valence-electron chi connectivity index (χ3n) is 6.14. The van der Waals surface area contributed by atoms with E-state index in [1.165, 1.54) is 17.8 Å². The Bertz CT molecular complexity index is 1140. The molecule has 2 fully saturated rings. The maximum Gasteiger partial charge on any atom is 0.254 e. The molecule has 2 aliphatic rings. The molecular formula is C24H26FN7O. The van der Waals surface area contributed by atoms with Crippen LogP contribution in [0.15, 0.2) is 48.8 Å². The fourth-order valence-corrected chi connectivity index (χ4v) is 4.16. The minimum absolute atomic E-state index is 0.270. The van der Waals surface area contributed by atoms with Crippen molar-refractivity contribution in [3.8, 4) is 0 Å². The van der Waals surface area contributed by atoms with Gasteiger partial charge in [-0.25, -0.2) is 14.4 Å². The normalized spacial score (nSPS) is 16.5. The molecule has 1 aromatic carbocycles. The Morgan fingerprint density at radius 2 is 1.82 bits per heavy atom. The molecule has 9 heteroatoms. The summed E-state index contributed by atoms with van der Waals surface area (Å²) < 4.78 is 14.0. The topological polar surface area (TPSA) is 109 Å². The summed E-state index contributed by atoms with van der Waals surface area (Å²) >= 11 is 0. The van der Waals surface area contributed by atoms with Gasteiger partial charge in [0.1, 0.15) is 5.82 Å². The van der Waals surface area contributed by atoms with Crippen molar-refractivity contribution in [1.29, 1.82) is 0 Å². The lowest BCUT2D eigenvalue weighted by atomic mass is 9.89. The largest absolute Gasteiger partial charge is 0.367 e. The molecule has 1 amide bonds. The van der Waals surface area contributed by atoms with E-state index in [4.69, 9.17) is 5.73 Å². The van der Waals surface area contributed by atoms with Crippen LogP contribution in [-0.4, -0.2) is 40.0 Å². The molecule has 4 N–H and O–H groups in total. The van der Waals surface area contributed by atoms with Crippen LogP contribution in [0.25, 0.3) is 0 Å². The number of hydrogen-bond donors (Lipinski definition) is 3. The quantitative estimate of drug-likeness (QED) is 0.505. The molecular weight excluding hydrogens is 421 g/mol. The highest BCUT2D eigenvalue weighted by atomic mass is 19.1. The summed E-state index contributed by atoms with van der Waals surface area (Å²) in [6.07, 6.45) is 7.08. The number of benzene rings is 1. The first-order chi connectivity index (χ1) is 16.1. The summed E-state index contributed by atoms with van der Waals surface area (Å²) in [5.74, 6) is 0.909. The fourth-order valence-electron chi connectivity index (χ4n) is 4.16. The van der Waals surface area contributed by atoms with E-state index in [1.807, 2.05) is 17.0 Å². The molecule has 0 bridgehead atoms. The first kappa shape index (κ1) is 21.1. The van der Waals surface area contributed by atoms with Crippen molar-refractivity contribution in [2.24, 2.45) is 5.73 Å². The third kappa shape index (κ3) is 4.87. The number of rotatable bonds is 7. The highest BCUT2D eigenvalue weighted by Crippen LogP contribution is 2.32. The van der Waals surface area contributed by atoms with E-state index in [0.29, 0.717) is 35.1 Å². The van der Waals surface area contributed by atoms with Crippen molar-refractivity contribution in [3.63, 3.8) is 0 Å². The first-order valence-corrected chi connectivity index (χ1v) is 11.2. The molecule has 0 radical (unpaired) electrons. The lowest BCUT2D eigenvalue weighted by molar-refractivity contribution is 0.100. The van der Waals surface area contributed by atoms with Crippen molar-refractivity contribution in [3.05, 3.63) is 65.7 Å². The summed E-state index contributed by atoms with van der Waals surface area (Å²) in [4.78, 5) is 26.5. The zero-order chi connectivity index (χ0) is 22.8. The number of carbonyl (C=O) groups excluding carboxylic acids is 1. The van der Waals surface area contributed by atoms with Gasteiger partial charge in [0.15, 0.2) is 11.6 Å². The van der Waals surface area contributed by atoms with Crippen LogP contribution in [0.1, 0.15) is 47.5 Å². The molecule has 170 valence electrons. The lowest BCUT2D eigenvalue weighted by Crippen LogP contribution is -2.34. The molecule has 33 heavy (non-hydrogen) atoms. The number of nitrogens with two attached hydrogens (primary N) is 1. The molecule has 0 atom stereocenters. The number of nitrogens with one attached hydrogen (secondary N) is 2. The number of piperidine rings is 1. The summed E-state index contributed by atoms with van der Waals surface area (Å²) in [7, 11) is 0. The minimum atomic E-state index is -0.550. The van der Waals surface area contributed by atoms with Crippen LogP contribution >= 0.6 is 0 Å². The predicted octanol–water partition coefficient (Wildman–Crippen LogP) is 3.81. The van der Waals surface area contributed by atoms with Crippen LogP contribution in [0, 0.1) is 5.82 Å². The summed E-state index contributed by atoms with van der Waals surface area (Å²) in [5.41, 5.74) is 7.85. The van der Waals surface area contributed by atoms with Gasteiger partial charge in [0, 0.05) is 37.2 Å².